The number of carbonyl (C=O) groups excluding carboxylic acids is 2. The van der Waals surface area contributed by atoms with Gasteiger partial charge in [0.1, 0.15) is 18.6 Å². The molecule has 0 bridgehead atoms. The molecule has 0 aromatic carbocycles. The molecule has 3 aromatic heterocycles. The van der Waals surface area contributed by atoms with Gasteiger partial charge < -0.3 is 20.8 Å². The fourth-order valence-corrected chi connectivity index (χ4v) is 3.57. The van der Waals surface area contributed by atoms with E-state index in [1.54, 1.807) is 10.9 Å². The molecular weight excluding hydrogens is 481 g/mol. The van der Waals surface area contributed by atoms with Crippen molar-refractivity contribution >= 4 is 23.3 Å². The molecule has 36 heavy (non-hydrogen) atoms. The maximum atomic E-state index is 12.8. The lowest BCUT2D eigenvalue weighted by Gasteiger charge is -2.47. The second kappa shape index (κ2) is 9.26. The van der Waals surface area contributed by atoms with Crippen LogP contribution in [0, 0.1) is 0 Å². The fraction of sp³-hybridized carbons (Fsp3) is 0.409. The Morgan fingerprint density at radius 3 is 2.61 bits per heavy atom. The first-order valence-corrected chi connectivity index (χ1v) is 11.0. The summed E-state index contributed by atoms with van der Waals surface area (Å²) in [6, 6.07) is 2.81. The Labute approximate surface area is 203 Å². The van der Waals surface area contributed by atoms with Crippen molar-refractivity contribution in [1.82, 2.24) is 24.6 Å². The summed E-state index contributed by atoms with van der Waals surface area (Å²) in [4.78, 5) is 34.9. The molecule has 4 rings (SSSR count). The average molecular weight is 506 g/mol. The highest BCUT2D eigenvalue weighted by Crippen LogP contribution is 2.30. The molecule has 0 unspecified atom stereocenters. The number of amides is 2. The molecule has 0 spiro atoms. The van der Waals surface area contributed by atoms with Crippen LogP contribution in [0.5, 0.6) is 0 Å². The van der Waals surface area contributed by atoms with Gasteiger partial charge in [0.25, 0.3) is 11.8 Å². The number of anilines is 2. The Balaban J connectivity index is 1.46. The number of rotatable bonds is 7. The molecule has 1 saturated heterocycles. The molecule has 192 valence electrons. The van der Waals surface area contributed by atoms with Gasteiger partial charge in [0.2, 0.25) is 5.89 Å². The lowest BCUT2D eigenvalue weighted by Crippen LogP contribution is -2.56. The number of halogens is 3. The first-order chi connectivity index (χ1) is 16.8. The number of carbonyl (C=O) groups is 2. The van der Waals surface area contributed by atoms with Crippen LogP contribution < -0.4 is 16.4 Å². The SMILES string of the molecule is CC(C)(C)N1CC(n2cc(NC(=O)c3coc(-c4ccnc(NCC(F)(F)F)c4)n3)c(C(N)=O)n2)C1. The summed E-state index contributed by atoms with van der Waals surface area (Å²) in [6.45, 7) is 6.51. The normalized spacial score (nSPS) is 14.9. The lowest BCUT2D eigenvalue weighted by molar-refractivity contribution is -0.115. The van der Waals surface area contributed by atoms with Crippen LogP contribution in [0.4, 0.5) is 24.7 Å². The number of likely N-dealkylation sites (tertiary alicyclic amines) is 1. The van der Waals surface area contributed by atoms with E-state index in [1.807, 2.05) is 0 Å². The molecule has 14 heteroatoms. The van der Waals surface area contributed by atoms with Gasteiger partial charge in [0.15, 0.2) is 11.4 Å². The van der Waals surface area contributed by atoms with Crippen LogP contribution >= 0.6 is 0 Å². The topological polar surface area (TPSA) is 144 Å². The Bertz CT molecular complexity index is 1270. The number of oxazole rings is 1. The highest BCUT2D eigenvalue weighted by molar-refractivity contribution is 6.07. The highest BCUT2D eigenvalue weighted by atomic mass is 19.4. The van der Waals surface area contributed by atoms with Crippen LogP contribution in [0.15, 0.2) is 35.2 Å². The number of nitrogens with zero attached hydrogens (tertiary/aromatic N) is 5. The molecule has 11 nitrogen and oxygen atoms in total. The quantitative estimate of drug-likeness (QED) is 0.444. The monoisotopic (exact) mass is 506 g/mol. The van der Waals surface area contributed by atoms with E-state index < -0.39 is 24.5 Å². The van der Waals surface area contributed by atoms with Crippen molar-refractivity contribution in [2.24, 2.45) is 5.73 Å². The minimum Gasteiger partial charge on any atom is -0.444 e. The number of aromatic nitrogens is 4. The van der Waals surface area contributed by atoms with Crippen LogP contribution in [-0.4, -0.2) is 67.8 Å². The van der Waals surface area contributed by atoms with Gasteiger partial charge in [-0.2, -0.15) is 18.3 Å². The summed E-state index contributed by atoms with van der Waals surface area (Å²) < 4.78 is 44.3. The van der Waals surface area contributed by atoms with Crippen molar-refractivity contribution in [1.29, 1.82) is 0 Å². The third-order valence-electron chi connectivity index (χ3n) is 5.61. The summed E-state index contributed by atoms with van der Waals surface area (Å²) in [6.07, 6.45) is -0.485. The van der Waals surface area contributed by atoms with E-state index >= 15 is 0 Å². The number of primary amides is 1. The van der Waals surface area contributed by atoms with E-state index in [-0.39, 0.29) is 40.4 Å². The lowest BCUT2D eigenvalue weighted by atomic mass is 9.98. The predicted molar refractivity (Wildman–Crippen MR) is 123 cm³/mol. The number of nitrogens with two attached hydrogens (primary N) is 1. The molecule has 0 atom stereocenters. The third kappa shape index (κ3) is 5.64. The minimum atomic E-state index is -4.41. The first-order valence-electron chi connectivity index (χ1n) is 11.0. The molecule has 0 saturated carbocycles. The minimum absolute atomic E-state index is 0.000156. The smallest absolute Gasteiger partial charge is 0.405 e. The first kappa shape index (κ1) is 25.2. The van der Waals surface area contributed by atoms with Gasteiger partial charge in [-0.15, -0.1) is 0 Å². The van der Waals surface area contributed by atoms with Crippen molar-refractivity contribution in [2.75, 3.05) is 30.3 Å². The van der Waals surface area contributed by atoms with Crippen molar-refractivity contribution in [3.05, 3.63) is 42.2 Å². The molecule has 4 heterocycles. The number of pyridine rings is 1. The molecule has 0 aliphatic carbocycles. The Morgan fingerprint density at radius 2 is 1.97 bits per heavy atom. The van der Waals surface area contributed by atoms with Gasteiger partial charge in [0.05, 0.1) is 11.7 Å². The zero-order chi connectivity index (χ0) is 26.3. The zero-order valence-corrected chi connectivity index (χ0v) is 19.8. The molecule has 2 amide bonds. The average Bonchev–Trinajstić information content (AvgIpc) is 3.38. The Morgan fingerprint density at radius 1 is 1.25 bits per heavy atom. The summed E-state index contributed by atoms with van der Waals surface area (Å²) >= 11 is 0. The number of hydrogen-bond donors (Lipinski definition) is 3. The van der Waals surface area contributed by atoms with Gasteiger partial charge in [-0.1, -0.05) is 0 Å². The van der Waals surface area contributed by atoms with Crippen LogP contribution in [0.25, 0.3) is 11.5 Å². The fourth-order valence-electron chi connectivity index (χ4n) is 3.57. The van der Waals surface area contributed by atoms with Crippen molar-refractivity contribution in [3.8, 4) is 11.5 Å². The van der Waals surface area contributed by atoms with E-state index in [9.17, 15) is 22.8 Å². The molecular formula is C22H25F3N8O3. The standard InChI is InChI=1S/C22H25F3N8O3/c1-21(2,3)32-7-13(8-32)33-9-14(17(31-33)18(26)34)29-19(35)15-10-36-20(30-15)12-4-5-27-16(6-12)28-11-22(23,24)25/h4-6,9-10,13H,7-8,11H2,1-3H3,(H2,26,34)(H,27,28)(H,29,35). The number of hydrogen-bond acceptors (Lipinski definition) is 8. The van der Waals surface area contributed by atoms with Crippen LogP contribution in [0.3, 0.4) is 0 Å². The predicted octanol–water partition coefficient (Wildman–Crippen LogP) is 2.91. The van der Waals surface area contributed by atoms with Crippen molar-refractivity contribution in [2.45, 2.75) is 38.5 Å². The van der Waals surface area contributed by atoms with Crippen molar-refractivity contribution < 1.29 is 27.2 Å². The maximum Gasteiger partial charge on any atom is 0.405 e. The summed E-state index contributed by atoms with van der Waals surface area (Å²) in [5, 5.41) is 9.00. The van der Waals surface area contributed by atoms with Crippen LogP contribution in [0.1, 0.15) is 47.8 Å². The van der Waals surface area contributed by atoms with Crippen LogP contribution in [0.2, 0.25) is 0 Å². The Kier molecular flexibility index (Phi) is 6.47. The van der Waals surface area contributed by atoms with Crippen LogP contribution in [-0.2, 0) is 0 Å². The molecule has 1 aliphatic rings. The van der Waals surface area contributed by atoms with Gasteiger partial charge >= 0.3 is 6.18 Å². The Hall–Kier alpha value is -3.94. The zero-order valence-electron chi connectivity index (χ0n) is 19.8. The molecule has 1 fully saturated rings. The number of nitrogens with one attached hydrogen (secondary N) is 2. The largest absolute Gasteiger partial charge is 0.444 e. The van der Waals surface area contributed by atoms with Gasteiger partial charge in [-0.25, -0.2) is 9.97 Å². The van der Waals surface area contributed by atoms with Crippen molar-refractivity contribution in [3.63, 3.8) is 0 Å². The molecule has 0 radical (unpaired) electrons. The molecule has 1 aliphatic heterocycles. The highest BCUT2D eigenvalue weighted by Gasteiger charge is 2.36. The third-order valence-corrected chi connectivity index (χ3v) is 5.61. The van der Waals surface area contributed by atoms with E-state index in [0.29, 0.717) is 5.56 Å². The number of alkyl halides is 3. The van der Waals surface area contributed by atoms with E-state index in [0.717, 1.165) is 19.4 Å². The van der Waals surface area contributed by atoms with E-state index in [2.05, 4.69) is 51.4 Å². The molecule has 3 aromatic rings. The van der Waals surface area contributed by atoms with E-state index in [1.165, 1.54) is 18.3 Å². The molecule has 4 N–H and O–H groups in total. The summed E-state index contributed by atoms with van der Waals surface area (Å²) in [5.74, 6) is -1.51. The van der Waals surface area contributed by atoms with Gasteiger partial charge in [-0.3, -0.25) is 19.2 Å². The maximum absolute atomic E-state index is 12.8. The summed E-state index contributed by atoms with van der Waals surface area (Å²) in [5.41, 5.74) is 5.70. The second-order valence-electron chi connectivity index (χ2n) is 9.36. The van der Waals surface area contributed by atoms with Gasteiger partial charge in [-0.05, 0) is 32.9 Å². The second-order valence-corrected chi connectivity index (χ2v) is 9.36. The summed E-state index contributed by atoms with van der Waals surface area (Å²) in [7, 11) is 0. The van der Waals surface area contributed by atoms with E-state index in [4.69, 9.17) is 10.2 Å². The van der Waals surface area contributed by atoms with Gasteiger partial charge in [0, 0.05) is 36.6 Å².